The first-order chi connectivity index (χ1) is 11.0. The Balaban J connectivity index is 1.70. The summed E-state index contributed by atoms with van der Waals surface area (Å²) in [7, 11) is 1.94. The highest BCUT2D eigenvalue weighted by atomic mass is 35.5. The number of aryl methyl sites for hydroxylation is 1. The lowest BCUT2D eigenvalue weighted by Crippen LogP contribution is -2.06. The van der Waals surface area contributed by atoms with E-state index < -0.39 is 0 Å². The fourth-order valence-electron chi connectivity index (χ4n) is 2.16. The molecule has 3 rings (SSSR count). The largest absolute Gasteiger partial charge is 0.313 e. The van der Waals surface area contributed by atoms with E-state index in [2.05, 4.69) is 46.4 Å². The van der Waals surface area contributed by atoms with Crippen molar-refractivity contribution in [2.24, 2.45) is 7.05 Å². The van der Waals surface area contributed by atoms with E-state index in [1.807, 2.05) is 11.6 Å². The average Bonchev–Trinajstić information content (AvgIpc) is 3.03. The molecule has 8 heteroatoms. The van der Waals surface area contributed by atoms with Crippen LogP contribution >= 0.6 is 35.0 Å². The molecular weight excluding hydrogens is 353 g/mol. The maximum Gasteiger partial charge on any atom is 0.191 e. The molecule has 2 heterocycles. The fraction of sp³-hybridized carbons (Fsp3) is 0.267. The van der Waals surface area contributed by atoms with Crippen molar-refractivity contribution >= 4 is 35.0 Å². The van der Waals surface area contributed by atoms with E-state index in [-0.39, 0.29) is 0 Å². The maximum absolute atomic E-state index is 6.08. The zero-order chi connectivity index (χ0) is 16.4. The summed E-state index contributed by atoms with van der Waals surface area (Å²) in [5, 5.41) is 10.1. The van der Waals surface area contributed by atoms with Gasteiger partial charge in [0.1, 0.15) is 5.15 Å². The van der Waals surface area contributed by atoms with Crippen molar-refractivity contribution in [3.05, 3.63) is 57.9 Å². The van der Waals surface area contributed by atoms with Crippen LogP contribution in [-0.4, -0.2) is 24.3 Å². The summed E-state index contributed by atoms with van der Waals surface area (Å²) < 4.78 is 3.70. The number of rotatable bonds is 5. The number of aromatic nitrogens is 5. The van der Waals surface area contributed by atoms with Gasteiger partial charge in [0, 0.05) is 12.8 Å². The van der Waals surface area contributed by atoms with Gasteiger partial charge < -0.3 is 9.13 Å². The molecule has 0 saturated carbocycles. The van der Waals surface area contributed by atoms with E-state index in [0.29, 0.717) is 16.9 Å². The molecule has 0 aliphatic carbocycles. The normalized spacial score (nSPS) is 11.1. The van der Waals surface area contributed by atoms with E-state index in [0.717, 1.165) is 16.7 Å². The molecule has 0 fully saturated rings. The van der Waals surface area contributed by atoms with Gasteiger partial charge in [-0.3, -0.25) is 0 Å². The van der Waals surface area contributed by atoms with Crippen LogP contribution in [0.5, 0.6) is 0 Å². The van der Waals surface area contributed by atoms with Crippen LogP contribution in [0.15, 0.2) is 35.7 Å². The van der Waals surface area contributed by atoms with Crippen LogP contribution < -0.4 is 0 Å². The molecule has 3 aromatic rings. The molecule has 0 aliphatic rings. The summed E-state index contributed by atoms with van der Waals surface area (Å²) in [5.41, 5.74) is 2.53. The molecule has 0 atom stereocenters. The second kappa shape index (κ2) is 6.95. The van der Waals surface area contributed by atoms with Crippen molar-refractivity contribution in [1.82, 2.24) is 24.3 Å². The molecule has 5 nitrogen and oxygen atoms in total. The van der Waals surface area contributed by atoms with Crippen molar-refractivity contribution in [3.63, 3.8) is 0 Å². The lowest BCUT2D eigenvalue weighted by molar-refractivity contribution is 0.675. The van der Waals surface area contributed by atoms with Crippen molar-refractivity contribution in [2.45, 2.75) is 24.4 Å². The summed E-state index contributed by atoms with van der Waals surface area (Å²) >= 11 is 13.6. The quantitative estimate of drug-likeness (QED) is 0.640. The third kappa shape index (κ3) is 3.71. The van der Waals surface area contributed by atoms with E-state index in [4.69, 9.17) is 23.2 Å². The molecule has 0 aliphatic heterocycles. The number of hydrogen-bond acceptors (Lipinski definition) is 4. The molecule has 0 unspecified atom stereocenters. The zero-order valence-electron chi connectivity index (χ0n) is 12.7. The first kappa shape index (κ1) is 16.4. The molecule has 0 saturated heterocycles. The van der Waals surface area contributed by atoms with Gasteiger partial charge in [-0.05, 0) is 12.5 Å². The molecule has 120 valence electrons. The van der Waals surface area contributed by atoms with Gasteiger partial charge in [-0.25, -0.2) is 4.98 Å². The van der Waals surface area contributed by atoms with Crippen molar-refractivity contribution < 1.29 is 0 Å². The first-order valence-corrected chi connectivity index (χ1v) is 8.71. The summed E-state index contributed by atoms with van der Waals surface area (Å²) in [6.45, 7) is 2.57. The summed E-state index contributed by atoms with van der Waals surface area (Å²) in [4.78, 5) is 3.97. The van der Waals surface area contributed by atoms with Gasteiger partial charge in [-0.1, -0.05) is 64.8 Å². The number of benzene rings is 1. The lowest BCUT2D eigenvalue weighted by Gasteiger charge is -2.06. The van der Waals surface area contributed by atoms with Crippen LogP contribution in [0, 0.1) is 6.92 Å². The van der Waals surface area contributed by atoms with Crippen LogP contribution in [0.3, 0.4) is 0 Å². The van der Waals surface area contributed by atoms with Crippen LogP contribution in [0.2, 0.25) is 10.3 Å². The second-order valence-corrected chi connectivity index (χ2v) is 6.85. The van der Waals surface area contributed by atoms with Crippen molar-refractivity contribution in [3.8, 4) is 0 Å². The lowest BCUT2D eigenvalue weighted by atomic mass is 10.2. The topological polar surface area (TPSA) is 48.5 Å². The van der Waals surface area contributed by atoms with E-state index in [9.17, 15) is 0 Å². The van der Waals surface area contributed by atoms with Gasteiger partial charge in [-0.2, -0.15) is 0 Å². The highest BCUT2D eigenvalue weighted by Gasteiger charge is 2.13. The Bertz CT molecular complexity index is 827. The van der Waals surface area contributed by atoms with Gasteiger partial charge in [0.05, 0.1) is 12.9 Å². The number of hydrogen-bond donors (Lipinski definition) is 0. The van der Waals surface area contributed by atoms with Crippen molar-refractivity contribution in [2.75, 3.05) is 0 Å². The van der Waals surface area contributed by atoms with Crippen LogP contribution in [0.4, 0.5) is 0 Å². The minimum Gasteiger partial charge on any atom is -0.313 e. The standard InChI is InChI=1S/C15H15Cl2N5S/c1-10-4-3-5-11(6-10)8-23-15-20-19-12(21(15)2)7-22-9-18-13(16)14(22)17/h3-6,9H,7-8H2,1-2H3. The van der Waals surface area contributed by atoms with Gasteiger partial charge in [-0.15, -0.1) is 10.2 Å². The third-order valence-electron chi connectivity index (χ3n) is 3.42. The molecule has 23 heavy (non-hydrogen) atoms. The van der Waals surface area contributed by atoms with Crippen LogP contribution in [0.1, 0.15) is 17.0 Å². The Labute approximate surface area is 148 Å². The summed E-state index contributed by atoms with van der Waals surface area (Å²) in [6.07, 6.45) is 1.60. The average molecular weight is 368 g/mol. The summed E-state index contributed by atoms with van der Waals surface area (Å²) in [6, 6.07) is 8.45. The van der Waals surface area contributed by atoms with E-state index in [1.165, 1.54) is 11.1 Å². The number of nitrogens with zero attached hydrogens (tertiary/aromatic N) is 5. The molecule has 0 spiro atoms. The highest BCUT2D eigenvalue weighted by Crippen LogP contribution is 2.23. The van der Waals surface area contributed by atoms with E-state index >= 15 is 0 Å². The first-order valence-electron chi connectivity index (χ1n) is 6.97. The highest BCUT2D eigenvalue weighted by molar-refractivity contribution is 7.98. The van der Waals surface area contributed by atoms with E-state index in [1.54, 1.807) is 22.7 Å². The molecule has 0 radical (unpaired) electrons. The van der Waals surface area contributed by atoms with Gasteiger partial charge >= 0.3 is 0 Å². The Morgan fingerprint density at radius 1 is 1.22 bits per heavy atom. The molecule has 0 bridgehead atoms. The second-order valence-electron chi connectivity index (χ2n) is 5.19. The van der Waals surface area contributed by atoms with Crippen LogP contribution in [0.25, 0.3) is 0 Å². The minimum absolute atomic E-state index is 0.294. The molecule has 0 amide bonds. The summed E-state index contributed by atoms with van der Waals surface area (Å²) in [5.74, 6) is 1.65. The molecule has 2 aromatic heterocycles. The Kier molecular flexibility index (Phi) is 4.94. The Morgan fingerprint density at radius 2 is 2.04 bits per heavy atom. The number of thioether (sulfide) groups is 1. The fourth-order valence-corrected chi connectivity index (χ4v) is 3.34. The van der Waals surface area contributed by atoms with Crippen LogP contribution in [-0.2, 0) is 19.3 Å². The smallest absolute Gasteiger partial charge is 0.191 e. The van der Waals surface area contributed by atoms with Gasteiger partial charge in [0.15, 0.2) is 16.1 Å². The molecule has 1 aromatic carbocycles. The Hall–Kier alpha value is -1.50. The zero-order valence-corrected chi connectivity index (χ0v) is 15.0. The molecular formula is C15H15Cl2N5S. The van der Waals surface area contributed by atoms with Gasteiger partial charge in [0.25, 0.3) is 0 Å². The van der Waals surface area contributed by atoms with Gasteiger partial charge in [0.2, 0.25) is 0 Å². The third-order valence-corrected chi connectivity index (χ3v) is 5.28. The van der Waals surface area contributed by atoms with Crippen molar-refractivity contribution in [1.29, 1.82) is 0 Å². The monoisotopic (exact) mass is 367 g/mol. The maximum atomic E-state index is 6.08. The predicted octanol–water partition coefficient (Wildman–Crippen LogP) is 3.97. The molecule has 0 N–H and O–H groups in total. The Morgan fingerprint density at radius 3 is 2.74 bits per heavy atom. The number of halogens is 2. The number of imidazole rings is 1. The minimum atomic E-state index is 0.294. The predicted molar refractivity (Wildman–Crippen MR) is 93.1 cm³/mol. The SMILES string of the molecule is Cc1cccc(CSc2nnc(Cn3cnc(Cl)c3Cl)n2C)c1.